The fourth-order valence-electron chi connectivity index (χ4n) is 3.82. The summed E-state index contributed by atoms with van der Waals surface area (Å²) in [4.78, 5) is 28.5. The van der Waals surface area contributed by atoms with Gasteiger partial charge in [0.2, 0.25) is 5.91 Å². The van der Waals surface area contributed by atoms with Crippen molar-refractivity contribution in [2.45, 2.75) is 38.6 Å². The zero-order valence-corrected chi connectivity index (χ0v) is 15.9. The van der Waals surface area contributed by atoms with E-state index in [4.69, 9.17) is 0 Å². The van der Waals surface area contributed by atoms with E-state index < -0.39 is 6.04 Å². The molecule has 2 N–H and O–H groups in total. The Morgan fingerprint density at radius 2 is 1.85 bits per heavy atom. The molecular formula is C20H29FN4O2. The molecule has 2 fully saturated rings. The molecule has 2 saturated heterocycles. The number of anilines is 1. The summed E-state index contributed by atoms with van der Waals surface area (Å²) in [6.45, 7) is 5.59. The van der Waals surface area contributed by atoms with E-state index in [1.54, 1.807) is 19.1 Å². The second-order valence-corrected chi connectivity index (χ2v) is 7.54. The Kier molecular flexibility index (Phi) is 6.53. The predicted octanol–water partition coefficient (Wildman–Crippen LogP) is 2.35. The molecule has 0 spiro atoms. The highest BCUT2D eigenvalue weighted by atomic mass is 19.1. The van der Waals surface area contributed by atoms with Gasteiger partial charge in [0.05, 0.1) is 0 Å². The fourth-order valence-corrected chi connectivity index (χ4v) is 3.82. The maximum atomic E-state index is 13.0. The van der Waals surface area contributed by atoms with Gasteiger partial charge in [0, 0.05) is 38.4 Å². The molecule has 0 aromatic heterocycles. The van der Waals surface area contributed by atoms with Gasteiger partial charge in [-0.05, 0) is 62.8 Å². The van der Waals surface area contributed by atoms with Crippen molar-refractivity contribution in [3.63, 3.8) is 0 Å². The van der Waals surface area contributed by atoms with Gasteiger partial charge in [0.25, 0.3) is 0 Å². The zero-order valence-electron chi connectivity index (χ0n) is 15.9. The summed E-state index contributed by atoms with van der Waals surface area (Å²) in [5.74, 6) is 0.100. The second kappa shape index (κ2) is 9.06. The summed E-state index contributed by atoms with van der Waals surface area (Å²) in [5.41, 5.74) is 1.00. The number of carbonyl (C=O) groups is 2. The van der Waals surface area contributed by atoms with Crippen LogP contribution in [0.1, 0.15) is 32.6 Å². The molecule has 6 nitrogen and oxygen atoms in total. The van der Waals surface area contributed by atoms with Crippen LogP contribution in [0.25, 0.3) is 0 Å². The topological polar surface area (TPSA) is 64.7 Å². The number of hydrogen-bond acceptors (Lipinski definition) is 3. The van der Waals surface area contributed by atoms with Gasteiger partial charge >= 0.3 is 6.03 Å². The molecule has 0 aliphatic carbocycles. The number of piperidine rings is 1. The molecule has 2 atom stereocenters. The lowest BCUT2D eigenvalue weighted by Gasteiger charge is -2.29. The van der Waals surface area contributed by atoms with E-state index in [1.807, 2.05) is 4.90 Å². The first-order valence-corrected chi connectivity index (χ1v) is 9.86. The number of nitrogens with zero attached hydrogens (tertiary/aromatic N) is 2. The molecule has 7 heteroatoms. The van der Waals surface area contributed by atoms with Crippen molar-refractivity contribution in [3.05, 3.63) is 30.1 Å². The van der Waals surface area contributed by atoms with E-state index in [-0.39, 0.29) is 17.8 Å². The van der Waals surface area contributed by atoms with Gasteiger partial charge < -0.3 is 20.4 Å². The van der Waals surface area contributed by atoms with Crippen molar-refractivity contribution in [2.24, 2.45) is 5.92 Å². The lowest BCUT2D eigenvalue weighted by molar-refractivity contribution is -0.133. The number of likely N-dealkylation sites (tertiary alicyclic amines) is 1. The number of halogens is 1. The molecule has 148 valence electrons. The molecule has 2 aliphatic rings. The molecule has 3 amide bonds. The smallest absolute Gasteiger partial charge is 0.315 e. The van der Waals surface area contributed by atoms with E-state index >= 15 is 0 Å². The van der Waals surface area contributed by atoms with Crippen molar-refractivity contribution >= 4 is 17.6 Å². The Morgan fingerprint density at radius 3 is 2.56 bits per heavy atom. The van der Waals surface area contributed by atoms with Crippen molar-refractivity contribution in [3.8, 4) is 0 Å². The molecule has 0 unspecified atom stereocenters. The van der Waals surface area contributed by atoms with Gasteiger partial charge in [-0.3, -0.25) is 4.79 Å². The van der Waals surface area contributed by atoms with Gasteiger partial charge in [0.15, 0.2) is 0 Å². The monoisotopic (exact) mass is 376 g/mol. The number of carbonyl (C=O) groups excluding carboxylic acids is 2. The largest absolute Gasteiger partial charge is 0.371 e. The molecule has 0 bridgehead atoms. The van der Waals surface area contributed by atoms with E-state index in [2.05, 4.69) is 15.5 Å². The van der Waals surface area contributed by atoms with Crippen molar-refractivity contribution < 1.29 is 14.0 Å². The Morgan fingerprint density at radius 1 is 1.15 bits per heavy atom. The maximum absolute atomic E-state index is 13.0. The van der Waals surface area contributed by atoms with Crippen LogP contribution in [-0.4, -0.2) is 55.6 Å². The molecule has 1 aromatic carbocycles. The summed E-state index contributed by atoms with van der Waals surface area (Å²) in [5, 5.41) is 5.64. The minimum absolute atomic E-state index is 0.00630. The molecular weight excluding hydrogens is 347 g/mol. The van der Waals surface area contributed by atoms with E-state index in [9.17, 15) is 14.0 Å². The quantitative estimate of drug-likeness (QED) is 0.829. The summed E-state index contributed by atoms with van der Waals surface area (Å²) in [7, 11) is 0. The molecule has 2 aliphatic heterocycles. The van der Waals surface area contributed by atoms with Crippen molar-refractivity contribution in [2.75, 3.05) is 37.6 Å². The normalized spacial score (nSPS) is 21.0. The standard InChI is InChI=1S/C20H29FN4O2/c1-15(19(26)24-10-3-2-4-11-24)23-20(27)22-13-16-9-12-25(14-16)18-7-5-17(21)6-8-18/h5-8,15-16H,2-4,9-14H2,1H3,(H2,22,23,27)/t15-,16+/m1/s1. The molecule has 0 saturated carbocycles. The average Bonchev–Trinajstić information content (AvgIpc) is 3.16. The molecule has 1 aromatic rings. The third-order valence-corrected chi connectivity index (χ3v) is 5.41. The highest BCUT2D eigenvalue weighted by molar-refractivity contribution is 5.86. The molecule has 27 heavy (non-hydrogen) atoms. The lowest BCUT2D eigenvalue weighted by Crippen LogP contribution is -2.51. The third kappa shape index (κ3) is 5.34. The van der Waals surface area contributed by atoms with Crippen LogP contribution in [0.3, 0.4) is 0 Å². The number of urea groups is 1. The minimum Gasteiger partial charge on any atom is -0.371 e. The van der Waals surface area contributed by atoms with Gasteiger partial charge in [-0.15, -0.1) is 0 Å². The number of benzene rings is 1. The number of nitrogens with one attached hydrogen (secondary N) is 2. The van der Waals surface area contributed by atoms with Crippen LogP contribution < -0.4 is 15.5 Å². The summed E-state index contributed by atoms with van der Waals surface area (Å²) in [6.07, 6.45) is 4.22. The van der Waals surface area contributed by atoms with E-state index in [1.165, 1.54) is 18.6 Å². The molecule has 0 radical (unpaired) electrons. The van der Waals surface area contributed by atoms with Crippen LogP contribution >= 0.6 is 0 Å². The van der Waals surface area contributed by atoms with Crippen LogP contribution in [0.2, 0.25) is 0 Å². The van der Waals surface area contributed by atoms with Crippen LogP contribution in [0.4, 0.5) is 14.9 Å². The highest BCUT2D eigenvalue weighted by Gasteiger charge is 2.25. The Balaban J connectivity index is 1.39. The fraction of sp³-hybridized carbons (Fsp3) is 0.600. The van der Waals surface area contributed by atoms with E-state index in [0.717, 1.165) is 51.1 Å². The lowest BCUT2D eigenvalue weighted by atomic mass is 10.1. The third-order valence-electron chi connectivity index (χ3n) is 5.41. The number of hydrogen-bond donors (Lipinski definition) is 2. The predicted molar refractivity (Wildman–Crippen MR) is 103 cm³/mol. The zero-order chi connectivity index (χ0) is 19.2. The summed E-state index contributed by atoms with van der Waals surface area (Å²) in [6, 6.07) is 5.69. The van der Waals surface area contributed by atoms with Crippen molar-refractivity contribution in [1.82, 2.24) is 15.5 Å². The molecule has 3 rings (SSSR count). The van der Waals surface area contributed by atoms with Crippen molar-refractivity contribution in [1.29, 1.82) is 0 Å². The summed E-state index contributed by atoms with van der Waals surface area (Å²) < 4.78 is 13.0. The van der Waals surface area contributed by atoms with Crippen LogP contribution in [0.15, 0.2) is 24.3 Å². The Labute approximate surface area is 160 Å². The van der Waals surface area contributed by atoms with Gasteiger partial charge in [-0.25, -0.2) is 9.18 Å². The Bertz CT molecular complexity index is 646. The first-order chi connectivity index (χ1) is 13.0. The SMILES string of the molecule is C[C@@H](NC(=O)NC[C@@H]1CCN(c2ccc(F)cc2)C1)C(=O)N1CCCCC1. The first kappa shape index (κ1) is 19.5. The van der Waals surface area contributed by atoms with E-state index in [0.29, 0.717) is 12.5 Å². The number of amides is 3. The van der Waals surface area contributed by atoms with Crippen LogP contribution in [0, 0.1) is 11.7 Å². The highest BCUT2D eigenvalue weighted by Crippen LogP contribution is 2.23. The van der Waals surface area contributed by atoms with Gasteiger partial charge in [-0.1, -0.05) is 0 Å². The van der Waals surface area contributed by atoms with Gasteiger partial charge in [0.1, 0.15) is 11.9 Å². The van der Waals surface area contributed by atoms with Gasteiger partial charge in [-0.2, -0.15) is 0 Å². The van der Waals surface area contributed by atoms with Crippen LogP contribution in [0.5, 0.6) is 0 Å². The number of rotatable bonds is 5. The maximum Gasteiger partial charge on any atom is 0.315 e. The average molecular weight is 376 g/mol. The summed E-state index contributed by atoms with van der Waals surface area (Å²) >= 11 is 0. The van der Waals surface area contributed by atoms with Crippen LogP contribution in [-0.2, 0) is 4.79 Å². The first-order valence-electron chi connectivity index (χ1n) is 9.86. The Hall–Kier alpha value is -2.31. The second-order valence-electron chi connectivity index (χ2n) is 7.54. The minimum atomic E-state index is -0.512. The molecule has 2 heterocycles.